The third kappa shape index (κ3) is 4.38. The van der Waals surface area contributed by atoms with Gasteiger partial charge in [0.1, 0.15) is 0 Å². The van der Waals surface area contributed by atoms with Crippen molar-refractivity contribution in [1.29, 1.82) is 0 Å². The first-order valence-electron chi connectivity index (χ1n) is 10.2. The number of amides is 2. The van der Waals surface area contributed by atoms with Crippen LogP contribution in [-0.4, -0.2) is 35.8 Å². The summed E-state index contributed by atoms with van der Waals surface area (Å²) in [5.41, 5.74) is 3.20. The Morgan fingerprint density at radius 1 is 0.967 bits per heavy atom. The monoisotopic (exact) mass is 403 g/mol. The molecule has 1 aromatic heterocycles. The Labute approximate surface area is 175 Å². The molecular weight excluding hydrogens is 378 g/mol. The molecule has 0 bridgehead atoms. The van der Waals surface area contributed by atoms with Crippen LogP contribution in [0, 0.1) is 6.92 Å². The number of rotatable bonds is 5. The van der Waals surface area contributed by atoms with Gasteiger partial charge in [-0.1, -0.05) is 30.3 Å². The number of para-hydroxylation sites is 2. The maximum absolute atomic E-state index is 13.2. The van der Waals surface area contributed by atoms with E-state index in [2.05, 4.69) is 10.6 Å². The largest absolute Gasteiger partial charge is 0.459 e. The van der Waals surface area contributed by atoms with Crippen LogP contribution in [0.2, 0.25) is 0 Å². The quantitative estimate of drug-likeness (QED) is 0.664. The maximum atomic E-state index is 13.2. The van der Waals surface area contributed by atoms with Crippen molar-refractivity contribution in [3.05, 3.63) is 83.8 Å². The summed E-state index contributed by atoms with van der Waals surface area (Å²) in [6.45, 7) is 3.04. The van der Waals surface area contributed by atoms with Gasteiger partial charge in [-0.2, -0.15) is 0 Å². The van der Waals surface area contributed by atoms with Crippen molar-refractivity contribution in [3.8, 4) is 0 Å². The lowest BCUT2D eigenvalue weighted by molar-refractivity contribution is 0.0696. The van der Waals surface area contributed by atoms with Crippen LogP contribution in [0.1, 0.15) is 39.3 Å². The molecule has 0 saturated carbocycles. The summed E-state index contributed by atoms with van der Waals surface area (Å²) in [6, 6.07) is 19.2. The van der Waals surface area contributed by atoms with E-state index in [9.17, 15) is 9.59 Å². The first-order valence-corrected chi connectivity index (χ1v) is 10.2. The molecule has 6 heteroatoms. The van der Waals surface area contributed by atoms with Crippen LogP contribution < -0.4 is 10.6 Å². The Hall–Kier alpha value is -3.54. The van der Waals surface area contributed by atoms with Gasteiger partial charge in [0.2, 0.25) is 0 Å². The van der Waals surface area contributed by atoms with E-state index in [4.69, 9.17) is 4.42 Å². The van der Waals surface area contributed by atoms with Gasteiger partial charge in [0, 0.05) is 30.4 Å². The zero-order valence-corrected chi connectivity index (χ0v) is 16.9. The van der Waals surface area contributed by atoms with Gasteiger partial charge >= 0.3 is 0 Å². The van der Waals surface area contributed by atoms with Gasteiger partial charge < -0.3 is 20.0 Å². The van der Waals surface area contributed by atoms with E-state index < -0.39 is 0 Å². The van der Waals surface area contributed by atoms with Crippen LogP contribution in [0.4, 0.5) is 11.4 Å². The summed E-state index contributed by atoms with van der Waals surface area (Å²) in [7, 11) is 0. The average molecular weight is 403 g/mol. The number of anilines is 2. The van der Waals surface area contributed by atoms with Crippen molar-refractivity contribution in [2.45, 2.75) is 25.8 Å². The number of furan rings is 1. The number of nitrogens with zero attached hydrogens (tertiary/aromatic N) is 1. The van der Waals surface area contributed by atoms with E-state index in [1.165, 1.54) is 6.26 Å². The molecule has 4 rings (SSSR count). The molecule has 1 aliphatic rings. The molecule has 2 amide bonds. The lowest BCUT2D eigenvalue weighted by Crippen LogP contribution is -2.46. The zero-order chi connectivity index (χ0) is 20.9. The second-order valence-corrected chi connectivity index (χ2v) is 7.51. The molecule has 3 aromatic rings. The van der Waals surface area contributed by atoms with Gasteiger partial charge in [-0.15, -0.1) is 0 Å². The minimum absolute atomic E-state index is 0.000636. The highest BCUT2D eigenvalue weighted by Gasteiger charge is 2.27. The minimum atomic E-state index is -0.195. The minimum Gasteiger partial charge on any atom is -0.459 e. The molecule has 6 nitrogen and oxygen atoms in total. The summed E-state index contributed by atoms with van der Waals surface area (Å²) < 4.78 is 5.26. The van der Waals surface area contributed by atoms with Gasteiger partial charge in [-0.25, -0.2) is 0 Å². The summed E-state index contributed by atoms with van der Waals surface area (Å²) in [4.78, 5) is 27.4. The first-order chi connectivity index (χ1) is 14.6. The molecule has 1 aliphatic heterocycles. The average Bonchev–Trinajstić information content (AvgIpc) is 3.21. The SMILES string of the molecule is Cc1ccoc1C(=O)NC1CCN(C(=O)c2ccccc2Nc2ccccc2)CC1. The fraction of sp³-hybridized carbons (Fsp3) is 0.250. The van der Waals surface area contributed by atoms with E-state index in [1.807, 2.05) is 66.4 Å². The van der Waals surface area contributed by atoms with Crippen molar-refractivity contribution < 1.29 is 14.0 Å². The van der Waals surface area contributed by atoms with Crippen molar-refractivity contribution >= 4 is 23.2 Å². The molecule has 0 aliphatic carbocycles. The molecule has 154 valence electrons. The Bertz CT molecular complexity index is 1020. The van der Waals surface area contributed by atoms with Crippen molar-refractivity contribution in [3.63, 3.8) is 0 Å². The molecule has 2 heterocycles. The number of hydrogen-bond acceptors (Lipinski definition) is 4. The lowest BCUT2D eigenvalue weighted by atomic mass is 10.0. The van der Waals surface area contributed by atoms with Crippen LogP contribution in [-0.2, 0) is 0 Å². The van der Waals surface area contributed by atoms with Crippen LogP contribution in [0.15, 0.2) is 71.3 Å². The smallest absolute Gasteiger partial charge is 0.287 e. The molecular formula is C24H25N3O3. The lowest BCUT2D eigenvalue weighted by Gasteiger charge is -2.32. The van der Waals surface area contributed by atoms with Crippen LogP contribution in [0.3, 0.4) is 0 Å². The predicted molar refractivity (Wildman–Crippen MR) is 116 cm³/mol. The number of carbonyl (C=O) groups is 2. The molecule has 2 N–H and O–H groups in total. The third-order valence-corrected chi connectivity index (χ3v) is 5.40. The number of aryl methyl sites for hydroxylation is 1. The maximum Gasteiger partial charge on any atom is 0.287 e. The Balaban J connectivity index is 1.38. The molecule has 0 spiro atoms. The number of nitrogens with one attached hydrogen (secondary N) is 2. The van der Waals surface area contributed by atoms with E-state index in [-0.39, 0.29) is 17.9 Å². The molecule has 1 saturated heterocycles. The first kappa shape index (κ1) is 19.8. The van der Waals surface area contributed by atoms with Crippen molar-refractivity contribution in [2.75, 3.05) is 18.4 Å². The topological polar surface area (TPSA) is 74.6 Å². The van der Waals surface area contributed by atoms with E-state index >= 15 is 0 Å². The summed E-state index contributed by atoms with van der Waals surface area (Å²) in [5.74, 6) is 0.162. The molecule has 30 heavy (non-hydrogen) atoms. The van der Waals surface area contributed by atoms with Crippen molar-refractivity contribution in [1.82, 2.24) is 10.2 Å². The molecule has 0 radical (unpaired) electrons. The van der Waals surface area contributed by atoms with Gasteiger partial charge in [0.25, 0.3) is 11.8 Å². The second-order valence-electron chi connectivity index (χ2n) is 7.51. The number of carbonyl (C=O) groups excluding carboxylic acids is 2. The summed E-state index contributed by atoms with van der Waals surface area (Å²) in [5, 5.41) is 6.36. The van der Waals surface area contributed by atoms with Gasteiger partial charge in [-0.05, 0) is 50.1 Å². The third-order valence-electron chi connectivity index (χ3n) is 5.40. The van der Waals surface area contributed by atoms with Gasteiger partial charge in [0.15, 0.2) is 5.76 Å². The highest BCUT2D eigenvalue weighted by Crippen LogP contribution is 2.24. The molecule has 0 atom stereocenters. The van der Waals surface area contributed by atoms with E-state index in [1.54, 1.807) is 6.07 Å². The van der Waals surface area contributed by atoms with Crippen molar-refractivity contribution in [2.24, 2.45) is 0 Å². The van der Waals surface area contributed by atoms with Gasteiger partial charge in [-0.3, -0.25) is 9.59 Å². The highest BCUT2D eigenvalue weighted by molar-refractivity contribution is 6.00. The zero-order valence-electron chi connectivity index (χ0n) is 16.9. The molecule has 1 fully saturated rings. The van der Waals surface area contributed by atoms with E-state index in [0.29, 0.717) is 37.3 Å². The normalized spacial score (nSPS) is 14.4. The van der Waals surface area contributed by atoms with E-state index in [0.717, 1.165) is 16.9 Å². The van der Waals surface area contributed by atoms with Crippen LogP contribution in [0.25, 0.3) is 0 Å². The second kappa shape index (κ2) is 8.86. The number of likely N-dealkylation sites (tertiary alicyclic amines) is 1. The standard InChI is InChI=1S/C24H25N3O3/c1-17-13-16-30-22(17)23(28)26-19-11-14-27(15-12-19)24(29)20-9-5-6-10-21(20)25-18-7-3-2-4-8-18/h2-10,13,16,19,25H,11-12,14-15H2,1H3,(H,26,28). The molecule has 2 aromatic carbocycles. The molecule has 0 unspecified atom stereocenters. The highest BCUT2D eigenvalue weighted by atomic mass is 16.3. The number of benzene rings is 2. The Morgan fingerprint density at radius 2 is 1.67 bits per heavy atom. The Kier molecular flexibility index (Phi) is 5.84. The van der Waals surface area contributed by atoms with Crippen LogP contribution >= 0.6 is 0 Å². The number of piperidine rings is 1. The van der Waals surface area contributed by atoms with Crippen LogP contribution in [0.5, 0.6) is 0 Å². The number of hydrogen-bond donors (Lipinski definition) is 2. The fourth-order valence-corrected chi connectivity index (χ4v) is 3.71. The van der Waals surface area contributed by atoms with Gasteiger partial charge in [0.05, 0.1) is 17.5 Å². The summed E-state index contributed by atoms with van der Waals surface area (Å²) >= 11 is 0. The predicted octanol–water partition coefficient (Wildman–Crippen LogP) is 4.37. The summed E-state index contributed by atoms with van der Waals surface area (Å²) in [6.07, 6.45) is 2.95. The Morgan fingerprint density at radius 3 is 2.37 bits per heavy atom. The fourth-order valence-electron chi connectivity index (χ4n) is 3.71.